The highest BCUT2D eigenvalue weighted by Crippen LogP contribution is 2.54. The predicted octanol–water partition coefficient (Wildman–Crippen LogP) is 6.13. The number of amides is 2. The molecule has 14 heteroatoms. The summed E-state index contributed by atoms with van der Waals surface area (Å²) in [6.45, 7) is 2.06. The van der Waals surface area contributed by atoms with Crippen molar-refractivity contribution >= 4 is 71.7 Å². The van der Waals surface area contributed by atoms with Crippen LogP contribution in [-0.2, 0) is 21.4 Å². The minimum atomic E-state index is -3.73. The number of anilines is 1. The van der Waals surface area contributed by atoms with Crippen molar-refractivity contribution in [3.63, 3.8) is 0 Å². The second kappa shape index (κ2) is 9.91. The predicted molar refractivity (Wildman–Crippen MR) is 175 cm³/mol. The van der Waals surface area contributed by atoms with E-state index in [4.69, 9.17) is 32.7 Å². The molecule has 2 amide bonds. The average molecular weight is 699 g/mol. The maximum atomic E-state index is 14.0. The van der Waals surface area contributed by atoms with E-state index in [1.165, 1.54) is 11.3 Å². The Balaban J connectivity index is 0.947. The molecule has 3 saturated carbocycles. The molecule has 0 radical (unpaired) electrons. The Labute approximate surface area is 279 Å². The molecule has 10 nitrogen and oxygen atoms in total. The van der Waals surface area contributed by atoms with Crippen LogP contribution in [0.1, 0.15) is 73.0 Å². The van der Waals surface area contributed by atoms with Crippen molar-refractivity contribution in [1.29, 1.82) is 0 Å². The Hall–Kier alpha value is -3.19. The van der Waals surface area contributed by atoms with E-state index in [9.17, 15) is 18.0 Å². The monoisotopic (exact) mass is 697 g/mol. The zero-order chi connectivity index (χ0) is 31.7. The van der Waals surface area contributed by atoms with Gasteiger partial charge in [0, 0.05) is 40.7 Å². The Bertz CT molecular complexity index is 2050. The van der Waals surface area contributed by atoms with E-state index in [1.807, 2.05) is 4.90 Å². The van der Waals surface area contributed by atoms with Gasteiger partial charge in [-0.3, -0.25) is 9.59 Å². The summed E-state index contributed by atoms with van der Waals surface area (Å²) in [5.41, 5.74) is 3.16. The lowest BCUT2D eigenvalue weighted by molar-refractivity contribution is -0.158. The third kappa shape index (κ3) is 4.29. The normalized spacial score (nSPS) is 26.0. The number of hydrogen-bond acceptors (Lipinski definition) is 9. The summed E-state index contributed by atoms with van der Waals surface area (Å²) in [6, 6.07) is 10.6. The molecule has 238 valence electrons. The summed E-state index contributed by atoms with van der Waals surface area (Å²) >= 11 is 14.6. The molecule has 6 heterocycles. The zero-order valence-corrected chi connectivity index (χ0v) is 27.8. The van der Waals surface area contributed by atoms with Crippen LogP contribution in [0.3, 0.4) is 0 Å². The van der Waals surface area contributed by atoms with Crippen LogP contribution in [0.5, 0.6) is 0 Å². The molecule has 46 heavy (non-hydrogen) atoms. The van der Waals surface area contributed by atoms with Crippen LogP contribution in [0, 0.1) is 5.92 Å². The van der Waals surface area contributed by atoms with Crippen molar-refractivity contribution in [3.05, 3.63) is 63.3 Å². The van der Waals surface area contributed by atoms with Crippen LogP contribution in [0.2, 0.25) is 10.0 Å². The summed E-state index contributed by atoms with van der Waals surface area (Å²) < 4.78 is 33.2. The lowest BCUT2D eigenvalue weighted by atomic mass is 9.63. The molecule has 0 spiro atoms. The van der Waals surface area contributed by atoms with E-state index >= 15 is 0 Å². The third-order valence-electron chi connectivity index (χ3n) is 10.6. The average Bonchev–Trinajstić information content (AvgIpc) is 3.92. The molecular weight excluding hydrogens is 669 g/mol. The number of aromatic nitrogens is 2. The number of carbonyl (C=O) groups is 2. The third-order valence-corrected chi connectivity index (χ3v) is 14.4. The minimum absolute atomic E-state index is 0.0584. The fraction of sp³-hybridized carbons (Fsp3) is 0.438. The lowest BCUT2D eigenvalue weighted by Crippen LogP contribution is -2.79. The summed E-state index contributed by atoms with van der Waals surface area (Å²) in [4.78, 5) is 35.9. The fourth-order valence-corrected chi connectivity index (χ4v) is 10.5. The van der Waals surface area contributed by atoms with E-state index in [2.05, 4.69) is 14.8 Å². The zero-order valence-electron chi connectivity index (χ0n) is 24.7. The van der Waals surface area contributed by atoms with Gasteiger partial charge in [0.05, 0.1) is 37.5 Å². The number of carbonyl (C=O) groups excluding carboxylic acids is 2. The van der Waals surface area contributed by atoms with Gasteiger partial charge in [0.1, 0.15) is 11.5 Å². The van der Waals surface area contributed by atoms with E-state index in [-0.39, 0.29) is 35.5 Å². The first-order valence-electron chi connectivity index (χ1n) is 15.5. The number of rotatable bonds is 8. The van der Waals surface area contributed by atoms with Gasteiger partial charge in [-0.05, 0) is 75.8 Å². The first-order chi connectivity index (χ1) is 22.0. The molecule has 4 aromatic rings. The molecule has 2 atom stereocenters. The summed E-state index contributed by atoms with van der Waals surface area (Å²) in [5, 5.41) is 6.22. The van der Waals surface area contributed by atoms with Gasteiger partial charge in [-0.1, -0.05) is 45.8 Å². The molecule has 4 saturated heterocycles. The van der Waals surface area contributed by atoms with Crippen LogP contribution >= 0.6 is 34.5 Å². The maximum Gasteiger partial charge on any atom is 0.264 e. The Morgan fingerprint density at radius 3 is 2.50 bits per heavy atom. The SMILES string of the molecule is CC1(S(=O)(=O)NC(=O)c2ccc3nc(N4C5CC6CC4C5C(=O)N6Cc4c(-c5c(Cl)cccc5Cl)noc4C4CC4)sc3c2)CC1. The first-order valence-corrected chi connectivity index (χ1v) is 18.6. The lowest BCUT2D eigenvalue weighted by Gasteiger charge is -2.66. The van der Waals surface area contributed by atoms with E-state index in [0.29, 0.717) is 46.6 Å². The van der Waals surface area contributed by atoms with Crippen molar-refractivity contribution in [3.8, 4) is 11.3 Å². The van der Waals surface area contributed by atoms with Crippen LogP contribution in [0.25, 0.3) is 21.5 Å². The van der Waals surface area contributed by atoms with Gasteiger partial charge in [0.15, 0.2) is 5.13 Å². The molecule has 7 fully saturated rings. The van der Waals surface area contributed by atoms with Gasteiger partial charge in [-0.15, -0.1) is 0 Å². The molecule has 4 bridgehead atoms. The van der Waals surface area contributed by atoms with Crippen LogP contribution in [0.4, 0.5) is 5.13 Å². The maximum absolute atomic E-state index is 14.0. The van der Waals surface area contributed by atoms with Crippen LogP contribution in [-0.4, -0.2) is 58.1 Å². The Morgan fingerprint density at radius 1 is 1.13 bits per heavy atom. The molecule has 2 aromatic heterocycles. The van der Waals surface area contributed by atoms with Gasteiger partial charge in [0.25, 0.3) is 5.91 Å². The van der Waals surface area contributed by atoms with Crippen molar-refractivity contribution in [2.24, 2.45) is 5.92 Å². The number of fused-ring (bicyclic) bond motifs is 2. The number of nitrogens with one attached hydrogen (secondary N) is 1. The molecular formula is C32H29Cl2N5O5S2. The summed E-state index contributed by atoms with van der Waals surface area (Å²) in [6.07, 6.45) is 4.83. The molecule has 3 aliphatic carbocycles. The molecule has 1 N–H and O–H groups in total. The Kier molecular flexibility index (Phi) is 6.25. The van der Waals surface area contributed by atoms with Gasteiger partial charge in [-0.25, -0.2) is 18.1 Å². The second-order valence-electron chi connectivity index (χ2n) is 13.5. The number of hydrogen-bond donors (Lipinski definition) is 1. The molecule has 2 aromatic carbocycles. The van der Waals surface area contributed by atoms with Crippen molar-refractivity contribution in [2.45, 2.75) is 80.8 Å². The number of sulfonamides is 1. The van der Waals surface area contributed by atoms with E-state index in [1.54, 1.807) is 43.3 Å². The number of benzene rings is 2. The van der Waals surface area contributed by atoms with Gasteiger partial charge in [0.2, 0.25) is 15.9 Å². The van der Waals surface area contributed by atoms with E-state index < -0.39 is 20.7 Å². The van der Waals surface area contributed by atoms with Crippen molar-refractivity contribution < 1.29 is 22.5 Å². The van der Waals surface area contributed by atoms with Crippen molar-refractivity contribution in [2.75, 3.05) is 4.90 Å². The summed E-state index contributed by atoms with van der Waals surface area (Å²) in [7, 11) is -3.73. The van der Waals surface area contributed by atoms with E-state index in [0.717, 1.165) is 52.4 Å². The van der Waals surface area contributed by atoms with Crippen LogP contribution < -0.4 is 9.62 Å². The molecule has 11 rings (SSSR count). The molecule has 7 aliphatic rings. The standard InChI is InChI=1S/C32H29Cl2N5O5S2/c1-32(9-10-32)46(42,43)37-29(40)16-7-8-21-24(11-16)45-31(35-21)39-22-12-17-13-23(39)26(22)30(41)38(17)14-18-27(36-44-28(18)15-5-6-15)25-19(33)3-2-4-20(25)34/h2-4,7-8,11,15,17,22-23,26H,5-6,9-10,12-14H2,1H3,(H,37,40). The smallest absolute Gasteiger partial charge is 0.264 e. The molecule has 2 unspecified atom stereocenters. The van der Waals surface area contributed by atoms with Gasteiger partial charge < -0.3 is 14.3 Å². The second-order valence-corrected chi connectivity index (χ2v) is 17.5. The quantitative estimate of drug-likeness (QED) is 0.233. The largest absolute Gasteiger partial charge is 0.360 e. The number of piperidine rings is 3. The number of thiazole rings is 1. The highest BCUT2D eigenvalue weighted by Gasteiger charge is 2.64. The first kappa shape index (κ1) is 29.0. The number of halogens is 2. The highest BCUT2D eigenvalue weighted by atomic mass is 35.5. The van der Waals surface area contributed by atoms with Crippen LogP contribution in [0.15, 0.2) is 40.9 Å². The highest BCUT2D eigenvalue weighted by molar-refractivity contribution is 7.91. The van der Waals surface area contributed by atoms with Gasteiger partial charge in [-0.2, -0.15) is 0 Å². The summed E-state index contributed by atoms with van der Waals surface area (Å²) in [5.74, 6) is 0.512. The topological polar surface area (TPSA) is 126 Å². The van der Waals surface area contributed by atoms with Gasteiger partial charge >= 0.3 is 0 Å². The van der Waals surface area contributed by atoms with Crippen molar-refractivity contribution in [1.82, 2.24) is 19.8 Å². The Morgan fingerprint density at radius 2 is 1.85 bits per heavy atom. The minimum Gasteiger partial charge on any atom is -0.360 e. The molecule has 4 aliphatic heterocycles. The fourth-order valence-electron chi connectivity index (χ4n) is 7.51. The number of nitrogens with zero attached hydrogens (tertiary/aromatic N) is 4.